The van der Waals surface area contributed by atoms with E-state index in [0.717, 1.165) is 42.6 Å². The second-order valence-electron chi connectivity index (χ2n) is 8.72. The van der Waals surface area contributed by atoms with Crippen LogP contribution in [0.2, 0.25) is 0 Å². The van der Waals surface area contributed by atoms with Gasteiger partial charge in [0.15, 0.2) is 11.3 Å². The van der Waals surface area contributed by atoms with Crippen molar-refractivity contribution in [3.05, 3.63) is 55.1 Å². The Morgan fingerprint density at radius 3 is 2.74 bits per heavy atom. The summed E-state index contributed by atoms with van der Waals surface area (Å²) >= 11 is 1.49. The number of H-pyrrole nitrogens is 2. The Bertz CT molecular complexity index is 1970. The van der Waals surface area contributed by atoms with Crippen LogP contribution in [0.15, 0.2) is 55.1 Å². The second kappa shape index (κ2) is 7.28. The van der Waals surface area contributed by atoms with Crippen LogP contribution in [-0.2, 0) is 0 Å². The molecular weight excluding hydrogens is 460 g/mol. The largest absolute Gasteiger partial charge is 0.295 e. The van der Waals surface area contributed by atoms with Crippen molar-refractivity contribution in [2.45, 2.75) is 13.8 Å². The summed E-state index contributed by atoms with van der Waals surface area (Å²) in [4.78, 5) is 37.5. The standard InChI is InChI=1S/C25H18N8OS/c1-12(2)25(34)33-15-7-13(9-26-11-15)14-8-16-20(31-32-23(16)28-10-14)24-29-17-5-6-27-22(21(17)30-24)18-3-4-19(33)35-18/h3-12,31H,1-2H3,(H,28,32). The first-order valence-electron chi connectivity index (χ1n) is 11.2. The molecule has 8 bridgehead atoms. The van der Waals surface area contributed by atoms with Gasteiger partial charge < -0.3 is 0 Å². The molecule has 0 aliphatic carbocycles. The first-order valence-corrected chi connectivity index (χ1v) is 12.0. The number of aromatic amines is 2. The lowest BCUT2D eigenvalue weighted by molar-refractivity contribution is 0.0865. The molecule has 10 heteroatoms. The molecule has 7 rings (SSSR count). The molecule has 0 fully saturated rings. The number of hydrogen-bond acceptors (Lipinski definition) is 7. The molecule has 170 valence electrons. The van der Waals surface area contributed by atoms with E-state index in [0.29, 0.717) is 22.3 Å². The lowest BCUT2D eigenvalue weighted by Crippen LogP contribution is -2.17. The zero-order valence-corrected chi connectivity index (χ0v) is 19.6. The smallest absolute Gasteiger partial charge is 0.234 e. The summed E-state index contributed by atoms with van der Waals surface area (Å²) in [5, 5.41) is 8.02. The van der Waals surface area contributed by atoms with E-state index < -0.39 is 0 Å². The summed E-state index contributed by atoms with van der Waals surface area (Å²) in [6.07, 6.45) is 7.02. The second-order valence-corrected chi connectivity index (χ2v) is 9.78. The van der Waals surface area contributed by atoms with E-state index in [-0.39, 0.29) is 11.8 Å². The van der Waals surface area contributed by atoms with Crippen LogP contribution in [0.4, 0.5) is 0 Å². The number of carbonyl (C=O) groups excluding carboxylic acids is 1. The van der Waals surface area contributed by atoms with Gasteiger partial charge >= 0.3 is 0 Å². The molecule has 0 aromatic carbocycles. The van der Waals surface area contributed by atoms with Crippen molar-refractivity contribution in [2.24, 2.45) is 5.92 Å². The zero-order chi connectivity index (χ0) is 23.7. The fraction of sp³-hybridized carbons (Fsp3) is 0.120. The number of pyridine rings is 3. The number of thiophene rings is 1. The van der Waals surface area contributed by atoms with Gasteiger partial charge in [-0.15, -0.1) is 11.3 Å². The van der Waals surface area contributed by atoms with E-state index in [1.54, 1.807) is 29.4 Å². The van der Waals surface area contributed by atoms with Gasteiger partial charge in [-0.05, 0) is 30.3 Å². The van der Waals surface area contributed by atoms with Crippen molar-refractivity contribution in [3.63, 3.8) is 0 Å². The van der Waals surface area contributed by atoms with Gasteiger partial charge in [0, 0.05) is 40.8 Å². The Morgan fingerprint density at radius 1 is 0.971 bits per heavy atom. The SMILES string of the molecule is CC(C)C(=O)n1c2cncc(c2)c2cnc3[nH][nH]c(c4nc5ccnc(c6ccc1s6)c5n4)-c3c2. The van der Waals surface area contributed by atoms with Crippen molar-refractivity contribution in [1.29, 1.82) is 0 Å². The molecular formula is C25H18N8OS. The number of nitrogens with one attached hydrogen (secondary N) is 2. The first-order chi connectivity index (χ1) is 17.1. The molecule has 0 saturated heterocycles. The highest BCUT2D eigenvalue weighted by Gasteiger charge is 2.17. The van der Waals surface area contributed by atoms with Gasteiger partial charge in [0.2, 0.25) is 5.91 Å². The molecule has 0 spiro atoms. The molecule has 0 unspecified atom stereocenters. The van der Waals surface area contributed by atoms with Gasteiger partial charge in [-0.2, -0.15) is 0 Å². The summed E-state index contributed by atoms with van der Waals surface area (Å²) in [6.45, 7) is 3.80. The van der Waals surface area contributed by atoms with Crippen molar-refractivity contribution in [2.75, 3.05) is 0 Å². The van der Waals surface area contributed by atoms with Crippen LogP contribution < -0.4 is 0 Å². The van der Waals surface area contributed by atoms with E-state index in [4.69, 9.17) is 9.97 Å². The summed E-state index contributed by atoms with van der Waals surface area (Å²) in [5.41, 5.74) is 5.77. The molecule has 2 N–H and O–H groups in total. The third kappa shape index (κ3) is 3.00. The Kier molecular flexibility index (Phi) is 4.15. The number of fused-ring (bicyclic) bond motifs is 9. The predicted molar refractivity (Wildman–Crippen MR) is 137 cm³/mol. The number of aromatic nitrogens is 8. The summed E-state index contributed by atoms with van der Waals surface area (Å²) in [7, 11) is 0. The summed E-state index contributed by atoms with van der Waals surface area (Å²) in [5.74, 6) is -0.216. The molecule has 5 aromatic rings. The van der Waals surface area contributed by atoms with Gasteiger partial charge in [0.1, 0.15) is 21.6 Å². The van der Waals surface area contributed by atoms with E-state index in [1.165, 1.54) is 11.3 Å². The van der Waals surface area contributed by atoms with Crippen molar-refractivity contribution in [1.82, 2.24) is 39.7 Å². The third-order valence-electron chi connectivity index (χ3n) is 6.11. The van der Waals surface area contributed by atoms with Gasteiger partial charge in [0.05, 0.1) is 21.9 Å². The minimum atomic E-state index is -0.202. The number of imidazole rings is 1. The third-order valence-corrected chi connectivity index (χ3v) is 7.19. The summed E-state index contributed by atoms with van der Waals surface area (Å²) in [6, 6.07) is 9.79. The van der Waals surface area contributed by atoms with Crippen molar-refractivity contribution < 1.29 is 4.79 Å². The molecule has 5 aromatic heterocycles. The van der Waals surface area contributed by atoms with Crippen LogP contribution in [0.3, 0.4) is 0 Å². The molecule has 0 atom stereocenters. The van der Waals surface area contributed by atoms with Gasteiger partial charge in [-0.25, -0.2) is 15.0 Å². The molecule has 7 heterocycles. The van der Waals surface area contributed by atoms with Crippen molar-refractivity contribution in [3.8, 4) is 11.3 Å². The normalized spacial score (nSPS) is 12.1. The molecule has 9 nitrogen and oxygen atoms in total. The minimum absolute atomic E-state index is 0.0145. The summed E-state index contributed by atoms with van der Waals surface area (Å²) < 4.78 is 2.64. The molecule has 2 aliphatic rings. The molecule has 0 saturated carbocycles. The van der Waals surface area contributed by atoms with Crippen LogP contribution in [0.5, 0.6) is 0 Å². The van der Waals surface area contributed by atoms with Gasteiger partial charge in [-0.1, -0.05) is 13.8 Å². The van der Waals surface area contributed by atoms with E-state index in [9.17, 15) is 4.79 Å². The topological polar surface area (TPSA) is 118 Å². The molecule has 35 heavy (non-hydrogen) atoms. The fourth-order valence-electron chi connectivity index (χ4n) is 4.36. The predicted octanol–water partition coefficient (Wildman–Crippen LogP) is 5.47. The van der Waals surface area contributed by atoms with Crippen LogP contribution >= 0.6 is 11.3 Å². The van der Waals surface area contributed by atoms with Crippen LogP contribution in [0.25, 0.3) is 64.9 Å². The van der Waals surface area contributed by atoms with Crippen LogP contribution in [0.1, 0.15) is 18.6 Å². The Balaban J connectivity index is 1.75. The van der Waals surface area contributed by atoms with Crippen LogP contribution in [0, 0.1) is 5.92 Å². The first kappa shape index (κ1) is 20.0. The van der Waals surface area contributed by atoms with Gasteiger partial charge in [-0.3, -0.25) is 29.5 Å². The Labute approximate surface area is 201 Å². The van der Waals surface area contributed by atoms with E-state index in [1.807, 2.05) is 44.2 Å². The Hall–Kier alpha value is -4.44. The maximum absolute atomic E-state index is 13.4. The maximum Gasteiger partial charge on any atom is 0.234 e. The highest BCUT2D eigenvalue weighted by Crippen LogP contribution is 2.31. The average Bonchev–Trinajstić information content (AvgIpc) is 3.61. The van der Waals surface area contributed by atoms with Gasteiger partial charge in [0.25, 0.3) is 0 Å². The number of nitrogens with zero attached hydrogens (tertiary/aromatic N) is 6. The highest BCUT2D eigenvalue weighted by molar-refractivity contribution is 7.24. The van der Waals surface area contributed by atoms with E-state index >= 15 is 0 Å². The lowest BCUT2D eigenvalue weighted by atomic mass is 10.1. The number of hydrogen-bond donors (Lipinski definition) is 2. The number of carbonyl (C=O) groups is 1. The maximum atomic E-state index is 13.4. The zero-order valence-electron chi connectivity index (χ0n) is 18.8. The monoisotopic (exact) mass is 478 g/mol. The molecule has 0 radical (unpaired) electrons. The van der Waals surface area contributed by atoms with Crippen LogP contribution in [-0.4, -0.2) is 45.6 Å². The quantitative estimate of drug-likeness (QED) is 0.323. The lowest BCUT2D eigenvalue weighted by Gasteiger charge is -2.10. The minimum Gasteiger partial charge on any atom is -0.295 e. The number of rotatable bonds is 1. The highest BCUT2D eigenvalue weighted by atomic mass is 32.1. The van der Waals surface area contributed by atoms with Crippen molar-refractivity contribution >= 4 is 70.9 Å². The average molecular weight is 479 g/mol. The molecule has 2 aliphatic heterocycles. The fourth-order valence-corrected chi connectivity index (χ4v) is 5.39. The molecule has 0 amide bonds. The van der Waals surface area contributed by atoms with E-state index in [2.05, 4.69) is 25.1 Å². The Morgan fingerprint density at radius 2 is 1.86 bits per heavy atom.